The minimum atomic E-state index is 0.713. The van der Waals surface area contributed by atoms with Gasteiger partial charge < -0.3 is 0 Å². The Labute approximate surface area is 141 Å². The third-order valence-corrected chi connectivity index (χ3v) is 5.80. The van der Waals surface area contributed by atoms with Gasteiger partial charge >= 0.3 is 0 Å². The molecule has 0 radical (unpaired) electrons. The Morgan fingerprint density at radius 3 is 1.82 bits per heavy atom. The van der Waals surface area contributed by atoms with Gasteiger partial charge in [-0.3, -0.25) is 0 Å². The van der Waals surface area contributed by atoms with Gasteiger partial charge in [0.25, 0.3) is 0 Å². The van der Waals surface area contributed by atoms with E-state index in [4.69, 9.17) is 0 Å². The second-order valence-electron chi connectivity index (χ2n) is 7.80. The highest BCUT2D eigenvalue weighted by Crippen LogP contribution is 2.27. The summed E-state index contributed by atoms with van der Waals surface area (Å²) in [5.74, 6) is 3.33. The van der Waals surface area contributed by atoms with Crippen LogP contribution in [0.1, 0.15) is 93.9 Å². The third kappa shape index (κ3) is 9.49. The third-order valence-electron chi connectivity index (χ3n) is 5.80. The van der Waals surface area contributed by atoms with Crippen LogP contribution in [-0.4, -0.2) is 0 Å². The number of allylic oxidation sites excluding steroid dienone is 4. The van der Waals surface area contributed by atoms with Crippen LogP contribution in [0.15, 0.2) is 23.3 Å². The Hall–Kier alpha value is -0.520. The topological polar surface area (TPSA) is 0 Å². The zero-order valence-corrected chi connectivity index (χ0v) is 16.7. The van der Waals surface area contributed by atoms with Crippen LogP contribution in [0.5, 0.6) is 0 Å². The number of hydrogen-bond acceptors (Lipinski definition) is 0. The lowest BCUT2D eigenvalue weighted by atomic mass is 9.83. The van der Waals surface area contributed by atoms with Crippen molar-refractivity contribution < 1.29 is 0 Å². The van der Waals surface area contributed by atoms with Crippen LogP contribution >= 0.6 is 0 Å². The average molecular weight is 307 g/mol. The molecule has 22 heavy (non-hydrogen) atoms. The summed E-state index contributed by atoms with van der Waals surface area (Å²) in [7, 11) is 0. The molecule has 0 aromatic rings. The van der Waals surface area contributed by atoms with Crippen molar-refractivity contribution in [2.45, 2.75) is 93.9 Å². The lowest BCUT2D eigenvalue weighted by molar-refractivity contribution is 0.300. The summed E-state index contributed by atoms with van der Waals surface area (Å²) < 4.78 is 0. The lowest BCUT2D eigenvalue weighted by Gasteiger charge is -2.23. The van der Waals surface area contributed by atoms with E-state index in [9.17, 15) is 0 Å². The van der Waals surface area contributed by atoms with Crippen molar-refractivity contribution in [1.82, 2.24) is 0 Å². The molecular formula is C22H42. The summed E-state index contributed by atoms with van der Waals surface area (Å²) in [6.45, 7) is 18.7. The highest BCUT2D eigenvalue weighted by Gasteiger charge is 2.15. The average Bonchev–Trinajstić information content (AvgIpc) is 2.53. The lowest BCUT2D eigenvalue weighted by Crippen LogP contribution is -2.11. The first-order valence-electron chi connectivity index (χ1n) is 9.65. The fourth-order valence-corrected chi connectivity index (χ4v) is 2.62. The van der Waals surface area contributed by atoms with Crippen LogP contribution in [0.2, 0.25) is 0 Å². The van der Waals surface area contributed by atoms with Crippen LogP contribution in [0.25, 0.3) is 0 Å². The summed E-state index contributed by atoms with van der Waals surface area (Å²) in [6.07, 6.45) is 12.6. The summed E-state index contributed by atoms with van der Waals surface area (Å²) in [4.78, 5) is 0. The van der Waals surface area contributed by atoms with Gasteiger partial charge in [-0.2, -0.15) is 0 Å². The fraction of sp³-hybridized carbons (Fsp3) is 0.818. The van der Waals surface area contributed by atoms with Crippen LogP contribution in [-0.2, 0) is 0 Å². The van der Waals surface area contributed by atoms with Crippen molar-refractivity contribution >= 4 is 0 Å². The first-order valence-corrected chi connectivity index (χ1v) is 9.65. The van der Waals surface area contributed by atoms with Crippen molar-refractivity contribution in [3.05, 3.63) is 23.3 Å². The Morgan fingerprint density at radius 1 is 0.773 bits per heavy atom. The van der Waals surface area contributed by atoms with Crippen molar-refractivity contribution in [3.63, 3.8) is 0 Å². The van der Waals surface area contributed by atoms with E-state index in [0.717, 1.165) is 24.2 Å². The van der Waals surface area contributed by atoms with Crippen molar-refractivity contribution in [2.75, 3.05) is 0 Å². The zero-order chi connectivity index (χ0) is 17.1. The first kappa shape index (κ1) is 21.5. The Bertz CT molecular complexity index is 334. The Kier molecular flexibility index (Phi) is 11.7. The number of hydrogen-bond donors (Lipinski definition) is 0. The normalized spacial score (nSPS) is 18.9. The van der Waals surface area contributed by atoms with Gasteiger partial charge in [-0.15, -0.1) is 0 Å². The molecule has 0 aliphatic carbocycles. The number of rotatable bonds is 11. The fourth-order valence-electron chi connectivity index (χ4n) is 2.62. The van der Waals surface area contributed by atoms with E-state index >= 15 is 0 Å². The smallest absolute Gasteiger partial charge is 0.0231 e. The molecule has 0 rings (SSSR count). The molecule has 0 bridgehead atoms. The molecule has 0 saturated heterocycles. The molecule has 0 heteroatoms. The van der Waals surface area contributed by atoms with Gasteiger partial charge in [0.15, 0.2) is 0 Å². The minimum Gasteiger partial charge on any atom is -0.0736 e. The molecule has 0 aromatic carbocycles. The molecule has 0 heterocycles. The molecule has 0 fully saturated rings. The monoisotopic (exact) mass is 306 g/mol. The predicted octanol–water partition coefficient (Wildman–Crippen LogP) is 7.80. The molecule has 0 aliphatic rings. The molecule has 0 saturated carbocycles. The maximum Gasteiger partial charge on any atom is -0.0231 e. The largest absolute Gasteiger partial charge is 0.0736 e. The summed E-state index contributed by atoms with van der Waals surface area (Å²) in [6, 6.07) is 0. The Balaban J connectivity index is 4.19. The molecule has 0 amide bonds. The van der Waals surface area contributed by atoms with Gasteiger partial charge in [0.2, 0.25) is 0 Å². The van der Waals surface area contributed by atoms with Crippen LogP contribution in [0, 0.1) is 23.7 Å². The van der Waals surface area contributed by atoms with Crippen molar-refractivity contribution in [3.8, 4) is 0 Å². The van der Waals surface area contributed by atoms with Crippen LogP contribution in [0.4, 0.5) is 0 Å². The van der Waals surface area contributed by atoms with Gasteiger partial charge in [0, 0.05) is 0 Å². The summed E-state index contributed by atoms with van der Waals surface area (Å²) in [5, 5.41) is 0. The predicted molar refractivity (Wildman–Crippen MR) is 103 cm³/mol. The SMILES string of the molecule is CC/C(C)=C/C=C(\C)C(C)CCC(C)C(C)CCC(C)CC. The van der Waals surface area contributed by atoms with Gasteiger partial charge in [0.05, 0.1) is 0 Å². The highest BCUT2D eigenvalue weighted by atomic mass is 14.2. The van der Waals surface area contributed by atoms with E-state index in [1.807, 2.05) is 0 Å². The van der Waals surface area contributed by atoms with E-state index in [-0.39, 0.29) is 0 Å². The minimum absolute atomic E-state index is 0.713. The van der Waals surface area contributed by atoms with Gasteiger partial charge in [-0.1, -0.05) is 84.1 Å². The Morgan fingerprint density at radius 2 is 1.32 bits per heavy atom. The molecular weight excluding hydrogens is 264 g/mol. The maximum absolute atomic E-state index is 2.45. The molecule has 0 aliphatic heterocycles. The second-order valence-corrected chi connectivity index (χ2v) is 7.80. The van der Waals surface area contributed by atoms with Gasteiger partial charge in [0.1, 0.15) is 0 Å². The molecule has 0 nitrogen and oxygen atoms in total. The van der Waals surface area contributed by atoms with Crippen LogP contribution in [0.3, 0.4) is 0 Å². The summed E-state index contributed by atoms with van der Waals surface area (Å²) in [5.41, 5.74) is 3.01. The van der Waals surface area contributed by atoms with Gasteiger partial charge in [-0.05, 0) is 56.8 Å². The molecule has 0 aromatic heterocycles. The van der Waals surface area contributed by atoms with E-state index in [1.54, 1.807) is 0 Å². The van der Waals surface area contributed by atoms with E-state index in [2.05, 4.69) is 67.5 Å². The van der Waals surface area contributed by atoms with Crippen molar-refractivity contribution in [2.24, 2.45) is 23.7 Å². The summed E-state index contributed by atoms with van der Waals surface area (Å²) >= 11 is 0. The molecule has 4 unspecified atom stereocenters. The molecule has 0 spiro atoms. The maximum atomic E-state index is 2.45. The first-order chi connectivity index (χ1) is 10.3. The van der Waals surface area contributed by atoms with Crippen molar-refractivity contribution in [1.29, 1.82) is 0 Å². The van der Waals surface area contributed by atoms with E-state index in [1.165, 1.54) is 43.3 Å². The molecule has 4 atom stereocenters. The standard InChI is InChI=1S/C22H42/c1-9-17(3)11-13-19(5)21(7)15-16-22(8)20(6)14-12-18(4)10-2/h11,13,18,20-22H,9-10,12,14-16H2,1-8H3/b17-11+,19-13+. The quantitative estimate of drug-likeness (QED) is 0.341. The van der Waals surface area contributed by atoms with Gasteiger partial charge in [-0.25, -0.2) is 0 Å². The molecule has 130 valence electrons. The van der Waals surface area contributed by atoms with Crippen LogP contribution < -0.4 is 0 Å². The highest BCUT2D eigenvalue weighted by molar-refractivity contribution is 5.16. The molecule has 0 N–H and O–H groups in total. The van der Waals surface area contributed by atoms with E-state index in [0.29, 0.717) is 5.92 Å². The second kappa shape index (κ2) is 12.0. The van der Waals surface area contributed by atoms with E-state index < -0.39 is 0 Å². The zero-order valence-electron chi connectivity index (χ0n) is 16.7.